The van der Waals surface area contributed by atoms with Crippen molar-refractivity contribution in [2.45, 2.75) is 71.3 Å². The van der Waals surface area contributed by atoms with Crippen LogP contribution >= 0.6 is 0 Å². The lowest BCUT2D eigenvalue weighted by atomic mass is 10.0. The Labute approximate surface area is 242 Å². The normalized spacial score (nSPS) is 18.1. The molecular formula is C31H39N5O4Si. The SMILES string of the molecule is CC(C)Oc1ccc(-c2nc(-c3cccc4c3CC3CC(=O)N(CCO)C43)nn2COCC[Si](C)(C)C)cc1C#N. The van der Waals surface area contributed by atoms with E-state index in [1.165, 1.54) is 0 Å². The fraction of sp³-hybridized carbons (Fsp3) is 0.484. The predicted octanol–water partition coefficient (Wildman–Crippen LogP) is 5.02. The van der Waals surface area contributed by atoms with Gasteiger partial charge in [-0.2, -0.15) is 5.26 Å². The molecule has 0 radical (unpaired) electrons. The number of ether oxygens (including phenoxy) is 2. The summed E-state index contributed by atoms with van der Waals surface area (Å²) < 4.78 is 13.7. The number of aromatic nitrogens is 3. The molecule has 3 aromatic rings. The lowest BCUT2D eigenvalue weighted by Crippen LogP contribution is -2.30. The molecular weight excluding hydrogens is 534 g/mol. The van der Waals surface area contributed by atoms with E-state index < -0.39 is 8.07 Å². The molecule has 2 aromatic carbocycles. The minimum Gasteiger partial charge on any atom is -0.490 e. The van der Waals surface area contributed by atoms with Crippen LogP contribution in [0, 0.1) is 17.2 Å². The molecule has 2 heterocycles. The van der Waals surface area contributed by atoms with Crippen LogP contribution in [0.4, 0.5) is 0 Å². The number of fused-ring (bicyclic) bond motifs is 3. The van der Waals surface area contributed by atoms with Crippen molar-refractivity contribution in [2.75, 3.05) is 19.8 Å². The number of nitriles is 1. The number of amides is 1. The number of aliphatic hydroxyl groups excluding tert-OH is 1. The van der Waals surface area contributed by atoms with E-state index in [1.54, 1.807) is 10.7 Å². The third-order valence-electron chi connectivity index (χ3n) is 7.72. The van der Waals surface area contributed by atoms with Gasteiger partial charge in [0.15, 0.2) is 11.6 Å². The summed E-state index contributed by atoms with van der Waals surface area (Å²) in [5.74, 6) is 2.03. The molecule has 1 aliphatic carbocycles. The van der Waals surface area contributed by atoms with Crippen LogP contribution in [0.2, 0.25) is 25.7 Å². The highest BCUT2D eigenvalue weighted by Gasteiger charge is 2.46. The number of nitrogens with zero attached hydrogens (tertiary/aromatic N) is 5. The lowest BCUT2D eigenvalue weighted by molar-refractivity contribution is -0.129. The van der Waals surface area contributed by atoms with E-state index in [9.17, 15) is 15.2 Å². The number of aliphatic hydroxyl groups is 1. The molecule has 0 bridgehead atoms. The summed E-state index contributed by atoms with van der Waals surface area (Å²) in [6.45, 7) is 12.0. The van der Waals surface area contributed by atoms with Gasteiger partial charge in [-0.05, 0) is 61.6 Å². The Morgan fingerprint density at radius 2 is 2.00 bits per heavy atom. The quantitative estimate of drug-likeness (QED) is 0.253. The van der Waals surface area contributed by atoms with Crippen LogP contribution in [-0.4, -0.2) is 64.6 Å². The van der Waals surface area contributed by atoms with E-state index in [1.807, 2.05) is 43.0 Å². The number of carbonyl (C=O) groups excluding carboxylic acids is 1. The second-order valence-corrected chi connectivity index (χ2v) is 18.0. The summed E-state index contributed by atoms with van der Waals surface area (Å²) >= 11 is 0. The smallest absolute Gasteiger partial charge is 0.223 e. The third kappa shape index (κ3) is 6.08. The molecule has 2 unspecified atom stereocenters. The van der Waals surface area contributed by atoms with E-state index in [4.69, 9.17) is 19.6 Å². The molecule has 1 aromatic heterocycles. The fourth-order valence-electron chi connectivity index (χ4n) is 5.82. The molecule has 1 saturated heterocycles. The highest BCUT2D eigenvalue weighted by atomic mass is 28.3. The Morgan fingerprint density at radius 1 is 1.20 bits per heavy atom. The number of hydrogen-bond acceptors (Lipinski definition) is 7. The van der Waals surface area contributed by atoms with Crippen molar-refractivity contribution in [1.82, 2.24) is 19.7 Å². The topological polar surface area (TPSA) is 114 Å². The molecule has 5 rings (SSSR count). The maximum atomic E-state index is 12.6. The molecule has 1 N–H and O–H groups in total. The predicted molar refractivity (Wildman–Crippen MR) is 159 cm³/mol. The van der Waals surface area contributed by atoms with Crippen LogP contribution in [0.25, 0.3) is 22.8 Å². The van der Waals surface area contributed by atoms with Crippen molar-refractivity contribution < 1.29 is 19.4 Å². The van der Waals surface area contributed by atoms with Gasteiger partial charge in [0, 0.05) is 38.8 Å². The molecule has 1 aliphatic heterocycles. The largest absolute Gasteiger partial charge is 0.490 e. The van der Waals surface area contributed by atoms with E-state index in [2.05, 4.69) is 31.8 Å². The van der Waals surface area contributed by atoms with Crippen LogP contribution in [0.15, 0.2) is 36.4 Å². The third-order valence-corrected chi connectivity index (χ3v) is 9.43. The van der Waals surface area contributed by atoms with Crippen molar-refractivity contribution in [2.24, 2.45) is 5.92 Å². The van der Waals surface area contributed by atoms with E-state index in [-0.39, 0.29) is 37.3 Å². The number of β-amino-alcohol motifs (C(OH)–C–C–N with tert-alkyl or cyclic N) is 1. The highest BCUT2D eigenvalue weighted by molar-refractivity contribution is 6.76. The van der Waals surface area contributed by atoms with Gasteiger partial charge in [-0.25, -0.2) is 9.67 Å². The summed E-state index contributed by atoms with van der Waals surface area (Å²) in [5, 5.41) is 24.3. The number of hydrogen-bond donors (Lipinski definition) is 1. The Kier molecular flexibility index (Phi) is 8.32. The minimum atomic E-state index is -1.26. The van der Waals surface area contributed by atoms with E-state index in [0.29, 0.717) is 42.5 Å². The van der Waals surface area contributed by atoms with Gasteiger partial charge in [0.1, 0.15) is 18.5 Å². The zero-order chi connectivity index (χ0) is 29.3. The molecule has 9 nitrogen and oxygen atoms in total. The first-order valence-electron chi connectivity index (χ1n) is 14.4. The summed E-state index contributed by atoms with van der Waals surface area (Å²) in [6, 6.07) is 14.9. The number of carbonyl (C=O) groups is 1. The second kappa shape index (κ2) is 11.8. The Balaban J connectivity index is 1.52. The van der Waals surface area contributed by atoms with Crippen LogP contribution in [0.1, 0.15) is 43.0 Å². The summed E-state index contributed by atoms with van der Waals surface area (Å²) in [6.07, 6.45) is 1.20. The maximum Gasteiger partial charge on any atom is 0.223 e. The van der Waals surface area contributed by atoms with Crippen LogP contribution in [0.5, 0.6) is 5.75 Å². The first kappa shape index (κ1) is 29.0. The van der Waals surface area contributed by atoms with Crippen LogP contribution < -0.4 is 4.74 Å². The van der Waals surface area contributed by atoms with Gasteiger partial charge in [-0.3, -0.25) is 4.79 Å². The standard InChI is InChI=1S/C31H39N5O4Si/c1-20(2)40-27-10-9-21(15-23(27)18-32)31-33-30(34-36(31)19-39-13-14-41(3,4)5)25-8-6-7-24-26(25)16-22-17-28(38)35(11-12-37)29(22)24/h6-10,15,20,22,29,37H,11-14,16-17,19H2,1-5H3. The van der Waals surface area contributed by atoms with Gasteiger partial charge in [-0.15, -0.1) is 5.10 Å². The summed E-state index contributed by atoms with van der Waals surface area (Å²) in [7, 11) is -1.26. The number of benzene rings is 2. The number of rotatable bonds is 11. The van der Waals surface area contributed by atoms with Crippen LogP contribution in [-0.2, 0) is 22.7 Å². The highest BCUT2D eigenvalue weighted by Crippen LogP contribution is 2.49. The van der Waals surface area contributed by atoms with E-state index >= 15 is 0 Å². The van der Waals surface area contributed by atoms with Crippen molar-refractivity contribution >= 4 is 14.0 Å². The van der Waals surface area contributed by atoms with Crippen molar-refractivity contribution in [3.8, 4) is 34.6 Å². The van der Waals surface area contributed by atoms with E-state index in [0.717, 1.165) is 34.7 Å². The van der Waals surface area contributed by atoms with Crippen LogP contribution in [0.3, 0.4) is 0 Å². The lowest BCUT2D eigenvalue weighted by Gasteiger charge is -2.24. The van der Waals surface area contributed by atoms with Gasteiger partial charge in [0.2, 0.25) is 5.91 Å². The molecule has 1 fully saturated rings. The monoisotopic (exact) mass is 573 g/mol. The zero-order valence-corrected chi connectivity index (χ0v) is 25.6. The van der Waals surface area contributed by atoms with Gasteiger partial charge >= 0.3 is 0 Å². The minimum absolute atomic E-state index is 0.0252. The molecule has 2 aliphatic rings. The fourth-order valence-corrected chi connectivity index (χ4v) is 6.58. The molecule has 216 valence electrons. The maximum absolute atomic E-state index is 12.6. The van der Waals surface area contributed by atoms with Gasteiger partial charge in [-0.1, -0.05) is 37.8 Å². The van der Waals surface area contributed by atoms with Gasteiger partial charge in [0.25, 0.3) is 0 Å². The Morgan fingerprint density at radius 3 is 2.71 bits per heavy atom. The molecule has 10 heteroatoms. The van der Waals surface area contributed by atoms with Crippen molar-refractivity contribution in [3.05, 3.63) is 53.1 Å². The second-order valence-electron chi connectivity index (χ2n) is 12.4. The average Bonchev–Trinajstić information content (AvgIpc) is 3.58. The van der Waals surface area contributed by atoms with Gasteiger partial charge < -0.3 is 19.5 Å². The summed E-state index contributed by atoms with van der Waals surface area (Å²) in [4.78, 5) is 19.4. The zero-order valence-electron chi connectivity index (χ0n) is 24.6. The van der Waals surface area contributed by atoms with Crippen molar-refractivity contribution in [1.29, 1.82) is 5.26 Å². The first-order chi connectivity index (χ1) is 19.6. The average molecular weight is 574 g/mol. The first-order valence-corrected chi connectivity index (χ1v) is 18.1. The molecule has 1 amide bonds. The Bertz CT molecular complexity index is 1470. The molecule has 0 saturated carbocycles. The summed E-state index contributed by atoms with van der Waals surface area (Å²) in [5.41, 5.74) is 4.40. The van der Waals surface area contributed by atoms with Gasteiger partial charge in [0.05, 0.1) is 24.3 Å². The Hall–Kier alpha value is -3.52. The molecule has 41 heavy (non-hydrogen) atoms. The number of likely N-dealkylation sites (tertiary alicyclic amines) is 1. The van der Waals surface area contributed by atoms with Crippen molar-refractivity contribution in [3.63, 3.8) is 0 Å². The molecule has 0 spiro atoms. The molecule has 2 atom stereocenters.